The number of fused-ring (bicyclic) bond motifs is 1. The maximum Gasteiger partial charge on any atom is 0.229 e. The molecule has 0 atom stereocenters. The minimum atomic E-state index is 0.758. The summed E-state index contributed by atoms with van der Waals surface area (Å²) in [5, 5.41) is 8.88. The largest absolute Gasteiger partial charge is 0.341 e. The normalized spacial score (nSPS) is 11.2. The third-order valence-electron chi connectivity index (χ3n) is 3.87. The van der Waals surface area contributed by atoms with Gasteiger partial charge in [-0.1, -0.05) is 12.1 Å². The van der Waals surface area contributed by atoms with Gasteiger partial charge >= 0.3 is 0 Å². The molecule has 0 aliphatic carbocycles. The first-order valence-corrected chi connectivity index (χ1v) is 9.66. The third-order valence-corrected chi connectivity index (χ3v) is 5.63. The Kier molecular flexibility index (Phi) is 4.03. The summed E-state index contributed by atoms with van der Waals surface area (Å²) in [6.07, 6.45) is 0. The van der Waals surface area contributed by atoms with Crippen LogP contribution in [-0.4, -0.2) is 32.7 Å². The van der Waals surface area contributed by atoms with E-state index in [1.165, 1.54) is 0 Å². The second-order valence-electron chi connectivity index (χ2n) is 5.27. The first kappa shape index (κ1) is 15.3. The molecule has 0 bridgehead atoms. The van der Waals surface area contributed by atoms with Crippen molar-refractivity contribution in [2.45, 2.75) is 13.8 Å². The first-order chi connectivity index (χ1) is 11.8. The van der Waals surface area contributed by atoms with Crippen LogP contribution < -0.4 is 4.90 Å². The molecule has 0 aliphatic heterocycles. The molecule has 5 nitrogen and oxygen atoms in total. The molecule has 0 aliphatic rings. The molecular formula is C17H17N5S2. The van der Waals surface area contributed by atoms with Gasteiger partial charge in [0.25, 0.3) is 0 Å². The summed E-state index contributed by atoms with van der Waals surface area (Å²) in [7, 11) is 0. The lowest BCUT2D eigenvalue weighted by Crippen LogP contribution is -2.25. The highest BCUT2D eigenvalue weighted by atomic mass is 32.1. The van der Waals surface area contributed by atoms with Crippen LogP contribution in [0.15, 0.2) is 41.1 Å². The van der Waals surface area contributed by atoms with Crippen LogP contribution in [0.4, 0.5) is 5.95 Å². The molecule has 0 unspecified atom stereocenters. The fourth-order valence-electron chi connectivity index (χ4n) is 2.63. The third kappa shape index (κ3) is 2.59. The van der Waals surface area contributed by atoms with Gasteiger partial charge in [0.1, 0.15) is 5.69 Å². The summed E-state index contributed by atoms with van der Waals surface area (Å²) < 4.78 is 1.86. The van der Waals surface area contributed by atoms with Crippen molar-refractivity contribution in [3.05, 3.63) is 41.1 Å². The van der Waals surface area contributed by atoms with Crippen LogP contribution in [0.3, 0.4) is 0 Å². The fraction of sp³-hybridized carbons (Fsp3) is 0.235. The quantitative estimate of drug-likeness (QED) is 0.531. The van der Waals surface area contributed by atoms with E-state index in [-0.39, 0.29) is 0 Å². The van der Waals surface area contributed by atoms with E-state index in [0.29, 0.717) is 0 Å². The zero-order valence-corrected chi connectivity index (χ0v) is 15.1. The van der Waals surface area contributed by atoms with Crippen molar-refractivity contribution in [1.29, 1.82) is 0 Å². The van der Waals surface area contributed by atoms with Crippen molar-refractivity contribution in [3.63, 3.8) is 0 Å². The number of hydrogen-bond acceptors (Lipinski definition) is 6. The molecule has 4 aromatic rings. The van der Waals surface area contributed by atoms with Gasteiger partial charge in [-0.2, -0.15) is 19.6 Å². The summed E-state index contributed by atoms with van der Waals surface area (Å²) in [5.41, 5.74) is 1.77. The highest BCUT2D eigenvalue weighted by molar-refractivity contribution is 7.13. The topological polar surface area (TPSA) is 46.3 Å². The van der Waals surface area contributed by atoms with Gasteiger partial charge in [-0.15, -0.1) is 22.7 Å². The number of hydrogen-bond donors (Lipinski definition) is 0. The molecular weight excluding hydrogens is 338 g/mol. The molecule has 0 saturated carbocycles. The number of rotatable bonds is 5. The van der Waals surface area contributed by atoms with Gasteiger partial charge < -0.3 is 4.90 Å². The Morgan fingerprint density at radius 3 is 2.33 bits per heavy atom. The summed E-state index contributed by atoms with van der Waals surface area (Å²) in [4.78, 5) is 13.9. The highest BCUT2D eigenvalue weighted by Gasteiger charge is 2.17. The first-order valence-electron chi connectivity index (χ1n) is 7.90. The van der Waals surface area contributed by atoms with Crippen molar-refractivity contribution in [2.75, 3.05) is 18.0 Å². The molecule has 4 rings (SSSR count). The van der Waals surface area contributed by atoms with E-state index < -0.39 is 0 Å². The van der Waals surface area contributed by atoms with Crippen LogP contribution in [0, 0.1) is 0 Å². The Labute approximate surface area is 148 Å². The van der Waals surface area contributed by atoms with Gasteiger partial charge in [-0.3, -0.25) is 0 Å². The SMILES string of the molecule is CCN(CC)c1nc(-c2cccs2)n2nc(-c3cccs3)cc2n1. The number of aromatic nitrogens is 4. The summed E-state index contributed by atoms with van der Waals surface area (Å²) in [6, 6.07) is 10.3. The Bertz CT molecular complexity index is 937. The number of thiophene rings is 2. The molecule has 4 aromatic heterocycles. The smallest absolute Gasteiger partial charge is 0.229 e. The number of nitrogens with zero attached hydrogens (tertiary/aromatic N) is 5. The second kappa shape index (κ2) is 6.33. The van der Waals surface area contributed by atoms with Crippen LogP contribution in [0.25, 0.3) is 26.9 Å². The predicted octanol–water partition coefficient (Wildman–Crippen LogP) is 4.43. The van der Waals surface area contributed by atoms with Gasteiger partial charge in [0.15, 0.2) is 11.5 Å². The van der Waals surface area contributed by atoms with E-state index in [9.17, 15) is 0 Å². The lowest BCUT2D eigenvalue weighted by atomic mass is 10.3. The van der Waals surface area contributed by atoms with Crippen LogP contribution in [0.1, 0.15) is 13.8 Å². The van der Waals surface area contributed by atoms with E-state index in [1.807, 2.05) is 22.7 Å². The van der Waals surface area contributed by atoms with Crippen molar-refractivity contribution >= 4 is 34.3 Å². The van der Waals surface area contributed by atoms with Gasteiger partial charge in [0, 0.05) is 19.2 Å². The van der Waals surface area contributed by atoms with Crippen molar-refractivity contribution in [1.82, 2.24) is 19.6 Å². The lowest BCUT2D eigenvalue weighted by molar-refractivity contribution is 0.805. The van der Waals surface area contributed by atoms with Crippen molar-refractivity contribution in [2.24, 2.45) is 0 Å². The minimum Gasteiger partial charge on any atom is -0.341 e. The van der Waals surface area contributed by atoms with Crippen LogP contribution in [0.5, 0.6) is 0 Å². The standard InChI is InChI=1S/C17H17N5S2/c1-3-21(4-2)17-18-15-11-12(13-7-5-9-23-13)20-22(15)16(19-17)14-8-6-10-24-14/h5-11H,3-4H2,1-2H3. The molecule has 122 valence electrons. The van der Waals surface area contributed by atoms with Gasteiger partial charge in [-0.25, -0.2) is 0 Å². The summed E-state index contributed by atoms with van der Waals surface area (Å²) in [6.45, 7) is 6.00. The molecule has 7 heteroatoms. The average Bonchev–Trinajstić information content (AvgIpc) is 3.34. The lowest BCUT2D eigenvalue weighted by Gasteiger charge is -2.19. The number of anilines is 1. The molecule has 0 amide bonds. The Balaban J connectivity index is 1.95. The zero-order chi connectivity index (χ0) is 16.5. The molecule has 0 saturated heterocycles. The molecule has 0 fully saturated rings. The van der Waals surface area contributed by atoms with Crippen molar-refractivity contribution < 1.29 is 0 Å². The maximum atomic E-state index is 4.81. The summed E-state index contributed by atoms with van der Waals surface area (Å²) >= 11 is 3.35. The fourth-order valence-corrected chi connectivity index (χ4v) is 4.01. The van der Waals surface area contributed by atoms with Crippen molar-refractivity contribution in [3.8, 4) is 21.3 Å². The summed E-state index contributed by atoms with van der Waals surface area (Å²) in [5.74, 6) is 1.60. The highest BCUT2D eigenvalue weighted by Crippen LogP contribution is 2.29. The monoisotopic (exact) mass is 355 g/mol. The zero-order valence-electron chi connectivity index (χ0n) is 13.5. The molecule has 0 radical (unpaired) electrons. The van der Waals surface area contributed by atoms with Crippen LogP contribution in [0.2, 0.25) is 0 Å². The maximum absolute atomic E-state index is 4.81. The second-order valence-corrected chi connectivity index (χ2v) is 7.17. The molecule has 0 spiro atoms. The van der Waals surface area contributed by atoms with Gasteiger partial charge in [-0.05, 0) is 36.7 Å². The average molecular weight is 355 g/mol. The van der Waals surface area contributed by atoms with E-state index in [1.54, 1.807) is 22.7 Å². The Morgan fingerprint density at radius 1 is 1.00 bits per heavy atom. The Morgan fingerprint density at radius 2 is 1.71 bits per heavy atom. The van der Waals surface area contributed by atoms with Crippen LogP contribution in [-0.2, 0) is 0 Å². The van der Waals surface area contributed by atoms with E-state index in [0.717, 1.165) is 46.0 Å². The predicted molar refractivity (Wildman–Crippen MR) is 101 cm³/mol. The molecule has 0 N–H and O–H groups in total. The van der Waals surface area contributed by atoms with E-state index in [4.69, 9.17) is 15.1 Å². The molecule has 0 aromatic carbocycles. The molecule has 24 heavy (non-hydrogen) atoms. The van der Waals surface area contributed by atoms with E-state index >= 15 is 0 Å². The van der Waals surface area contributed by atoms with Gasteiger partial charge in [0.2, 0.25) is 5.95 Å². The minimum absolute atomic E-state index is 0.758. The van der Waals surface area contributed by atoms with E-state index in [2.05, 4.69) is 41.6 Å². The molecule has 4 heterocycles. The van der Waals surface area contributed by atoms with Gasteiger partial charge in [0.05, 0.1) is 9.75 Å². The van der Waals surface area contributed by atoms with Crippen LogP contribution >= 0.6 is 22.7 Å². The Hall–Kier alpha value is -2.25.